The molecule has 0 aliphatic carbocycles. The number of carbonyl (C=O) groups is 1. The van der Waals surface area contributed by atoms with Crippen LogP contribution in [0.5, 0.6) is 0 Å². The third-order valence-electron chi connectivity index (χ3n) is 2.67. The first-order valence-corrected chi connectivity index (χ1v) is 6.64. The van der Waals surface area contributed by atoms with Crippen molar-refractivity contribution in [2.45, 2.75) is 19.5 Å². The van der Waals surface area contributed by atoms with Gasteiger partial charge in [-0.05, 0) is 36.2 Å². The van der Waals surface area contributed by atoms with E-state index in [1.54, 1.807) is 0 Å². The molecular weight excluding hydrogens is 262 g/mol. The Kier molecular flexibility index (Phi) is 4.43. The van der Waals surface area contributed by atoms with Crippen LogP contribution in [-0.4, -0.2) is 15.6 Å². The van der Waals surface area contributed by atoms with Gasteiger partial charge in [0.2, 0.25) is 0 Å². The molecule has 100 valence electrons. The van der Waals surface area contributed by atoms with E-state index in [-0.39, 0.29) is 6.04 Å². The third kappa shape index (κ3) is 4.01. The lowest BCUT2D eigenvalue weighted by molar-refractivity contribution is 0.259. The van der Waals surface area contributed by atoms with Gasteiger partial charge in [-0.15, -0.1) is 5.10 Å². The number of carbonyl (C=O) groups excluding carboxylic acids is 1. The lowest BCUT2D eigenvalue weighted by atomic mass is 10.1. The topological polar surface area (TPSA) is 92.9 Å². The van der Waals surface area contributed by atoms with Crippen LogP contribution >= 0.6 is 11.5 Å². The van der Waals surface area contributed by atoms with Gasteiger partial charge >= 0.3 is 6.03 Å². The van der Waals surface area contributed by atoms with Crippen LogP contribution in [-0.2, 0) is 6.54 Å². The van der Waals surface area contributed by atoms with Gasteiger partial charge in [0, 0.05) is 23.7 Å². The average molecular weight is 277 g/mol. The molecule has 0 saturated carbocycles. The minimum absolute atomic E-state index is 0.185. The summed E-state index contributed by atoms with van der Waals surface area (Å²) in [6, 6.07) is 7.16. The predicted octanol–water partition coefficient (Wildman–Crippen LogP) is 1.88. The van der Waals surface area contributed by atoms with Crippen LogP contribution in [0.25, 0.3) is 0 Å². The minimum Gasteiger partial charge on any atom is -0.351 e. The van der Waals surface area contributed by atoms with Gasteiger partial charge in [0.15, 0.2) is 0 Å². The van der Waals surface area contributed by atoms with E-state index in [2.05, 4.69) is 27.1 Å². The summed E-state index contributed by atoms with van der Waals surface area (Å²) < 4.78 is 3.81. The molecule has 0 aliphatic rings. The second-order valence-electron chi connectivity index (χ2n) is 4.11. The number of primary amides is 1. The molecular formula is C12H15N5OS. The number of hydrogen-bond acceptors (Lipinski definition) is 5. The highest BCUT2D eigenvalue weighted by atomic mass is 32.1. The van der Waals surface area contributed by atoms with Crippen molar-refractivity contribution >= 4 is 23.3 Å². The number of anilines is 1. The number of nitrogens with two attached hydrogens (primary N) is 1. The SMILES string of the molecule is CC(NCc1csnn1)c1ccc(NC(N)=O)cc1. The van der Waals surface area contributed by atoms with E-state index in [0.717, 1.165) is 11.3 Å². The molecule has 0 saturated heterocycles. The number of urea groups is 1. The lowest BCUT2D eigenvalue weighted by Gasteiger charge is -2.13. The predicted molar refractivity (Wildman–Crippen MR) is 74.8 cm³/mol. The number of nitrogens with zero attached hydrogens (tertiary/aromatic N) is 2. The van der Waals surface area contributed by atoms with E-state index in [4.69, 9.17) is 5.73 Å². The molecule has 1 unspecified atom stereocenters. The van der Waals surface area contributed by atoms with Gasteiger partial charge in [-0.1, -0.05) is 16.6 Å². The molecule has 0 spiro atoms. The van der Waals surface area contributed by atoms with E-state index in [1.165, 1.54) is 11.5 Å². The van der Waals surface area contributed by atoms with Gasteiger partial charge in [-0.3, -0.25) is 0 Å². The number of benzene rings is 1. The molecule has 0 fully saturated rings. The van der Waals surface area contributed by atoms with Gasteiger partial charge in [-0.25, -0.2) is 4.79 Å². The number of hydrogen-bond donors (Lipinski definition) is 3. The summed E-state index contributed by atoms with van der Waals surface area (Å²) in [6.07, 6.45) is 0. The Bertz CT molecular complexity index is 526. The Morgan fingerprint density at radius 2 is 2.16 bits per heavy atom. The molecule has 2 aromatic rings. The minimum atomic E-state index is -0.560. The van der Waals surface area contributed by atoms with Crippen molar-refractivity contribution in [2.24, 2.45) is 5.73 Å². The zero-order valence-corrected chi connectivity index (χ0v) is 11.3. The molecule has 1 aromatic heterocycles. The van der Waals surface area contributed by atoms with Gasteiger partial charge in [-0.2, -0.15) is 0 Å². The highest BCUT2D eigenvalue weighted by Crippen LogP contribution is 2.16. The zero-order valence-electron chi connectivity index (χ0n) is 10.5. The van der Waals surface area contributed by atoms with E-state index < -0.39 is 6.03 Å². The summed E-state index contributed by atoms with van der Waals surface area (Å²) in [6.45, 7) is 2.75. The van der Waals surface area contributed by atoms with E-state index in [0.29, 0.717) is 12.2 Å². The normalized spacial score (nSPS) is 12.1. The standard InChI is InChI=1S/C12H15N5OS/c1-8(14-6-11-7-19-17-16-11)9-2-4-10(5-3-9)15-12(13)18/h2-5,7-8,14H,6H2,1H3,(H3,13,15,18). The van der Waals surface area contributed by atoms with Crippen molar-refractivity contribution in [3.63, 3.8) is 0 Å². The number of amides is 2. The molecule has 1 aromatic carbocycles. The van der Waals surface area contributed by atoms with Crippen LogP contribution in [0.1, 0.15) is 24.2 Å². The number of nitrogens with one attached hydrogen (secondary N) is 2. The summed E-state index contributed by atoms with van der Waals surface area (Å²) in [5.74, 6) is 0. The molecule has 2 rings (SSSR count). The molecule has 0 radical (unpaired) electrons. The fourth-order valence-electron chi connectivity index (χ4n) is 1.63. The monoisotopic (exact) mass is 277 g/mol. The van der Waals surface area contributed by atoms with Gasteiger partial charge in [0.05, 0.1) is 5.69 Å². The molecule has 4 N–H and O–H groups in total. The van der Waals surface area contributed by atoms with Crippen LogP contribution in [0.15, 0.2) is 29.6 Å². The Hall–Kier alpha value is -1.99. The largest absolute Gasteiger partial charge is 0.351 e. The summed E-state index contributed by atoms with van der Waals surface area (Å²) in [7, 11) is 0. The quantitative estimate of drug-likeness (QED) is 0.778. The summed E-state index contributed by atoms with van der Waals surface area (Å²) in [5, 5.41) is 11.8. The molecule has 0 bridgehead atoms. The summed E-state index contributed by atoms with van der Waals surface area (Å²) in [5.41, 5.74) is 7.79. The number of rotatable bonds is 5. The first-order valence-electron chi connectivity index (χ1n) is 5.81. The van der Waals surface area contributed by atoms with Gasteiger partial charge in [0.25, 0.3) is 0 Å². The highest BCUT2D eigenvalue weighted by molar-refractivity contribution is 7.03. The van der Waals surface area contributed by atoms with Crippen LogP contribution in [0.2, 0.25) is 0 Å². The van der Waals surface area contributed by atoms with Gasteiger partial charge in [0.1, 0.15) is 0 Å². The third-order valence-corrected chi connectivity index (χ3v) is 3.23. The Morgan fingerprint density at radius 3 is 2.74 bits per heavy atom. The van der Waals surface area contributed by atoms with Crippen LogP contribution in [0, 0.1) is 0 Å². The second-order valence-corrected chi connectivity index (χ2v) is 4.72. The summed E-state index contributed by atoms with van der Waals surface area (Å²) >= 11 is 1.34. The molecule has 7 heteroatoms. The van der Waals surface area contributed by atoms with Crippen molar-refractivity contribution in [1.82, 2.24) is 14.9 Å². The highest BCUT2D eigenvalue weighted by Gasteiger charge is 2.06. The van der Waals surface area contributed by atoms with Crippen LogP contribution in [0.3, 0.4) is 0 Å². The second kappa shape index (κ2) is 6.26. The molecule has 1 heterocycles. The molecule has 0 aliphatic heterocycles. The van der Waals surface area contributed by atoms with Crippen molar-refractivity contribution in [3.05, 3.63) is 40.9 Å². The molecule has 2 amide bonds. The Morgan fingerprint density at radius 1 is 1.42 bits per heavy atom. The van der Waals surface area contributed by atoms with Gasteiger partial charge < -0.3 is 16.4 Å². The summed E-state index contributed by atoms with van der Waals surface area (Å²) in [4.78, 5) is 10.7. The Labute approximate surface area is 115 Å². The maximum absolute atomic E-state index is 10.7. The molecule has 6 nitrogen and oxygen atoms in total. The first kappa shape index (κ1) is 13.4. The van der Waals surface area contributed by atoms with Crippen molar-refractivity contribution in [1.29, 1.82) is 0 Å². The van der Waals surface area contributed by atoms with Crippen LogP contribution in [0.4, 0.5) is 10.5 Å². The zero-order chi connectivity index (χ0) is 13.7. The number of aromatic nitrogens is 2. The maximum Gasteiger partial charge on any atom is 0.316 e. The van der Waals surface area contributed by atoms with Crippen molar-refractivity contribution < 1.29 is 4.79 Å². The van der Waals surface area contributed by atoms with E-state index >= 15 is 0 Å². The van der Waals surface area contributed by atoms with Crippen LogP contribution < -0.4 is 16.4 Å². The smallest absolute Gasteiger partial charge is 0.316 e. The fraction of sp³-hybridized carbons (Fsp3) is 0.250. The molecule has 1 atom stereocenters. The fourth-order valence-corrected chi connectivity index (χ4v) is 2.09. The average Bonchev–Trinajstić information content (AvgIpc) is 2.89. The maximum atomic E-state index is 10.7. The lowest BCUT2D eigenvalue weighted by Crippen LogP contribution is -2.20. The first-order chi connectivity index (χ1) is 9.15. The van der Waals surface area contributed by atoms with E-state index in [9.17, 15) is 4.79 Å². The van der Waals surface area contributed by atoms with Crippen molar-refractivity contribution in [3.8, 4) is 0 Å². The molecule has 19 heavy (non-hydrogen) atoms. The van der Waals surface area contributed by atoms with Crippen molar-refractivity contribution in [2.75, 3.05) is 5.32 Å². The van der Waals surface area contributed by atoms with E-state index in [1.807, 2.05) is 29.6 Å². The Balaban J connectivity index is 1.91.